The van der Waals surface area contributed by atoms with E-state index in [4.69, 9.17) is 14.2 Å². The van der Waals surface area contributed by atoms with E-state index in [0.29, 0.717) is 34.1 Å². The summed E-state index contributed by atoms with van der Waals surface area (Å²) in [6.07, 6.45) is 1.50. The molecule has 0 saturated carbocycles. The van der Waals surface area contributed by atoms with Crippen molar-refractivity contribution in [3.63, 3.8) is 0 Å². The maximum atomic E-state index is 12.3. The summed E-state index contributed by atoms with van der Waals surface area (Å²) in [7, 11) is 3.05. The molecule has 0 radical (unpaired) electrons. The van der Waals surface area contributed by atoms with Gasteiger partial charge in [-0.05, 0) is 83.1 Å². The van der Waals surface area contributed by atoms with E-state index in [0.717, 1.165) is 9.13 Å². The number of aryl methyl sites for hydroxylation is 1. The van der Waals surface area contributed by atoms with E-state index in [1.807, 2.05) is 31.2 Å². The van der Waals surface area contributed by atoms with Crippen LogP contribution in [0, 0.1) is 10.5 Å². The van der Waals surface area contributed by atoms with Gasteiger partial charge in [0, 0.05) is 11.3 Å². The van der Waals surface area contributed by atoms with Gasteiger partial charge in [-0.2, -0.15) is 5.10 Å². The van der Waals surface area contributed by atoms with Crippen LogP contribution in [0.2, 0.25) is 0 Å². The molecule has 0 atom stereocenters. The van der Waals surface area contributed by atoms with Crippen LogP contribution in [0.5, 0.6) is 17.2 Å². The zero-order valence-electron chi connectivity index (χ0n) is 18.9. The highest BCUT2D eigenvalue weighted by atomic mass is 127. The molecule has 0 fully saturated rings. The molecule has 0 aliphatic heterocycles. The van der Waals surface area contributed by atoms with E-state index in [-0.39, 0.29) is 18.4 Å². The Morgan fingerprint density at radius 2 is 1.82 bits per heavy atom. The van der Waals surface area contributed by atoms with Crippen molar-refractivity contribution in [1.29, 1.82) is 0 Å². The van der Waals surface area contributed by atoms with Crippen molar-refractivity contribution in [3.8, 4) is 17.2 Å². The number of halogens is 1. The van der Waals surface area contributed by atoms with Gasteiger partial charge in [0.1, 0.15) is 5.75 Å². The standard InChI is InChI=1S/C25H24IN3O5/c1-16-6-4-8-19(10-16)28-23(30)15-34-24-21(26)11-17(12-22(24)33-3)14-27-29-25(31)18-7-5-9-20(13-18)32-2/h4-14H,15H2,1-3H3,(H,28,30)(H,29,31)/b27-14+. The van der Waals surface area contributed by atoms with Crippen LogP contribution in [0.3, 0.4) is 0 Å². The minimum Gasteiger partial charge on any atom is -0.497 e. The fourth-order valence-electron chi connectivity index (χ4n) is 3.01. The molecule has 0 aromatic heterocycles. The van der Waals surface area contributed by atoms with Crippen LogP contribution < -0.4 is 25.0 Å². The lowest BCUT2D eigenvalue weighted by atomic mass is 10.2. The van der Waals surface area contributed by atoms with Crippen LogP contribution in [0.15, 0.2) is 65.8 Å². The van der Waals surface area contributed by atoms with Crippen LogP contribution >= 0.6 is 22.6 Å². The van der Waals surface area contributed by atoms with E-state index in [1.54, 1.807) is 36.4 Å². The highest BCUT2D eigenvalue weighted by Gasteiger charge is 2.14. The summed E-state index contributed by atoms with van der Waals surface area (Å²) in [5, 5.41) is 6.82. The fourth-order valence-corrected chi connectivity index (χ4v) is 3.79. The van der Waals surface area contributed by atoms with Gasteiger partial charge in [-0.25, -0.2) is 5.43 Å². The Labute approximate surface area is 211 Å². The van der Waals surface area contributed by atoms with Crippen LogP contribution in [0.25, 0.3) is 0 Å². The second-order valence-electron chi connectivity index (χ2n) is 7.17. The zero-order chi connectivity index (χ0) is 24.5. The van der Waals surface area contributed by atoms with Crippen LogP contribution in [0.4, 0.5) is 5.69 Å². The normalized spacial score (nSPS) is 10.6. The third-order valence-corrected chi connectivity index (χ3v) is 5.41. The average Bonchev–Trinajstić information content (AvgIpc) is 2.83. The summed E-state index contributed by atoms with van der Waals surface area (Å²) in [5.41, 5.74) is 5.35. The number of benzene rings is 3. The second-order valence-corrected chi connectivity index (χ2v) is 8.33. The molecule has 0 aliphatic rings. The predicted octanol–water partition coefficient (Wildman–Crippen LogP) is 4.40. The number of hydrogen-bond donors (Lipinski definition) is 2. The number of carbonyl (C=O) groups is 2. The van der Waals surface area contributed by atoms with Crippen molar-refractivity contribution in [3.05, 3.63) is 80.9 Å². The van der Waals surface area contributed by atoms with Gasteiger partial charge in [-0.3, -0.25) is 9.59 Å². The number of nitrogens with one attached hydrogen (secondary N) is 2. The summed E-state index contributed by atoms with van der Waals surface area (Å²) < 4.78 is 17.0. The molecular formula is C25H24IN3O5. The molecule has 0 spiro atoms. The van der Waals surface area contributed by atoms with E-state index in [9.17, 15) is 9.59 Å². The Kier molecular flexibility index (Phi) is 8.86. The molecule has 0 aliphatic carbocycles. The third kappa shape index (κ3) is 6.95. The van der Waals surface area contributed by atoms with E-state index < -0.39 is 0 Å². The number of carbonyl (C=O) groups excluding carboxylic acids is 2. The summed E-state index contributed by atoms with van der Waals surface area (Å²) in [6, 6.07) is 17.8. The molecule has 3 aromatic rings. The van der Waals surface area contributed by atoms with Crippen LogP contribution in [0.1, 0.15) is 21.5 Å². The molecular weight excluding hydrogens is 549 g/mol. The van der Waals surface area contributed by atoms with Gasteiger partial charge in [-0.15, -0.1) is 0 Å². The SMILES string of the molecule is COc1cccc(C(=O)N/N=C/c2cc(I)c(OCC(=O)Nc3cccc(C)c3)c(OC)c2)c1. The maximum absolute atomic E-state index is 12.3. The number of hydrogen-bond acceptors (Lipinski definition) is 6. The Morgan fingerprint density at radius 1 is 1.03 bits per heavy atom. The zero-order valence-corrected chi connectivity index (χ0v) is 21.1. The molecule has 8 nitrogen and oxygen atoms in total. The fraction of sp³-hybridized carbons (Fsp3) is 0.160. The molecule has 3 aromatic carbocycles. The largest absolute Gasteiger partial charge is 0.497 e. The summed E-state index contributed by atoms with van der Waals surface area (Å²) in [4.78, 5) is 24.6. The number of nitrogens with zero attached hydrogens (tertiary/aromatic N) is 1. The lowest BCUT2D eigenvalue weighted by Gasteiger charge is -2.13. The highest BCUT2D eigenvalue weighted by Crippen LogP contribution is 2.33. The number of hydrazone groups is 1. The van der Waals surface area contributed by atoms with Crippen molar-refractivity contribution in [2.45, 2.75) is 6.92 Å². The lowest BCUT2D eigenvalue weighted by Crippen LogP contribution is -2.20. The van der Waals surface area contributed by atoms with E-state index in [1.165, 1.54) is 20.4 Å². The molecule has 0 heterocycles. The minimum absolute atomic E-state index is 0.176. The number of amides is 2. The molecule has 176 valence electrons. The average molecular weight is 573 g/mol. The van der Waals surface area contributed by atoms with Gasteiger partial charge in [0.15, 0.2) is 18.1 Å². The first kappa shape index (κ1) is 25.0. The van der Waals surface area contributed by atoms with Gasteiger partial charge < -0.3 is 19.5 Å². The summed E-state index contributed by atoms with van der Waals surface area (Å²) >= 11 is 2.09. The Morgan fingerprint density at radius 3 is 2.56 bits per heavy atom. The van der Waals surface area contributed by atoms with Crippen molar-refractivity contribution < 1.29 is 23.8 Å². The number of ether oxygens (including phenoxy) is 3. The minimum atomic E-state index is -0.364. The lowest BCUT2D eigenvalue weighted by molar-refractivity contribution is -0.118. The molecule has 2 amide bonds. The highest BCUT2D eigenvalue weighted by molar-refractivity contribution is 14.1. The number of methoxy groups -OCH3 is 2. The number of rotatable bonds is 9. The van der Waals surface area contributed by atoms with Crippen molar-refractivity contribution in [1.82, 2.24) is 5.43 Å². The molecule has 0 saturated heterocycles. The first-order chi connectivity index (χ1) is 16.4. The predicted molar refractivity (Wildman–Crippen MR) is 139 cm³/mol. The Bertz CT molecular complexity index is 1210. The Balaban J connectivity index is 1.63. The van der Waals surface area contributed by atoms with Crippen molar-refractivity contribution in [2.24, 2.45) is 5.10 Å². The molecule has 34 heavy (non-hydrogen) atoms. The summed E-state index contributed by atoms with van der Waals surface area (Å²) in [5.74, 6) is 0.820. The number of anilines is 1. The van der Waals surface area contributed by atoms with Crippen LogP contribution in [-0.2, 0) is 4.79 Å². The second kappa shape index (κ2) is 12.0. The molecule has 3 rings (SSSR count). The Hall–Kier alpha value is -3.60. The molecule has 0 unspecified atom stereocenters. The topological polar surface area (TPSA) is 98.3 Å². The monoisotopic (exact) mass is 573 g/mol. The molecule has 2 N–H and O–H groups in total. The van der Waals surface area contributed by atoms with E-state index >= 15 is 0 Å². The first-order valence-corrected chi connectivity index (χ1v) is 11.3. The van der Waals surface area contributed by atoms with Gasteiger partial charge in [-0.1, -0.05) is 18.2 Å². The maximum Gasteiger partial charge on any atom is 0.271 e. The van der Waals surface area contributed by atoms with Gasteiger partial charge >= 0.3 is 0 Å². The van der Waals surface area contributed by atoms with Gasteiger partial charge in [0.25, 0.3) is 11.8 Å². The van der Waals surface area contributed by atoms with Gasteiger partial charge in [0.2, 0.25) is 0 Å². The smallest absolute Gasteiger partial charge is 0.271 e. The first-order valence-electron chi connectivity index (χ1n) is 10.2. The molecule has 9 heteroatoms. The summed E-state index contributed by atoms with van der Waals surface area (Å²) in [6.45, 7) is 1.78. The van der Waals surface area contributed by atoms with Crippen LogP contribution in [-0.4, -0.2) is 38.9 Å². The third-order valence-electron chi connectivity index (χ3n) is 4.61. The molecule has 0 bridgehead atoms. The van der Waals surface area contributed by atoms with Gasteiger partial charge in [0.05, 0.1) is 24.0 Å². The quantitative estimate of drug-likeness (QED) is 0.225. The van der Waals surface area contributed by atoms with Crippen molar-refractivity contribution >= 4 is 46.3 Å². The van der Waals surface area contributed by atoms with Crippen molar-refractivity contribution in [2.75, 3.05) is 26.1 Å². The van der Waals surface area contributed by atoms with E-state index in [2.05, 4.69) is 38.4 Å².